The van der Waals surface area contributed by atoms with E-state index in [1.807, 2.05) is 18.2 Å². The van der Waals surface area contributed by atoms with Crippen molar-refractivity contribution < 1.29 is 22.8 Å². The molecule has 3 aliphatic heterocycles. The molecule has 4 bridgehead atoms. The van der Waals surface area contributed by atoms with Gasteiger partial charge in [-0.05, 0) is 89.0 Å². The van der Waals surface area contributed by atoms with Crippen molar-refractivity contribution in [2.45, 2.75) is 75.5 Å². The van der Waals surface area contributed by atoms with Gasteiger partial charge >= 0.3 is 12.2 Å². The lowest BCUT2D eigenvalue weighted by atomic mass is 9.93. The summed E-state index contributed by atoms with van der Waals surface area (Å²) in [7, 11) is 0. The van der Waals surface area contributed by atoms with Crippen LogP contribution in [-0.4, -0.2) is 71.2 Å². The lowest BCUT2D eigenvalue weighted by molar-refractivity contribution is -0.189. The molecule has 232 valence electrons. The van der Waals surface area contributed by atoms with Crippen LogP contribution in [0.3, 0.4) is 0 Å². The third-order valence-electron chi connectivity index (χ3n) is 9.30. The van der Waals surface area contributed by atoms with E-state index in [0.717, 1.165) is 50.1 Å². The van der Waals surface area contributed by atoms with Crippen molar-refractivity contribution in [3.8, 4) is 0 Å². The highest BCUT2D eigenvalue weighted by Gasteiger charge is 2.62. The molecule has 3 fully saturated rings. The number of carbonyl (C=O) groups is 2. The zero-order valence-electron chi connectivity index (χ0n) is 24.5. The standard InChI is InChI=1S/C30H38F3N7O2S/c1-28(2)18-20-6-4-14-34-22-7-3-8-24(35-22)43-37-26(41)21-9-10-23(36-25(21)40(28)19-20)39-17-16-38(27(39)42)15-5-11-29(12-13-29)30(31,32)33/h3,7-10,20H,4-6,11-19H2,1-2H3,(H,34,35)(H,37,41). The molecule has 3 amide bonds. The van der Waals surface area contributed by atoms with Crippen LogP contribution in [0.5, 0.6) is 0 Å². The number of nitrogens with one attached hydrogen (secondary N) is 2. The minimum absolute atomic E-state index is 0.0472. The molecular weight excluding hydrogens is 579 g/mol. The maximum Gasteiger partial charge on any atom is 0.394 e. The summed E-state index contributed by atoms with van der Waals surface area (Å²) in [6.45, 7) is 6.94. The third kappa shape index (κ3) is 6.09. The van der Waals surface area contributed by atoms with E-state index in [4.69, 9.17) is 4.98 Å². The van der Waals surface area contributed by atoms with E-state index in [-0.39, 0.29) is 43.3 Å². The van der Waals surface area contributed by atoms with Crippen molar-refractivity contribution in [1.82, 2.24) is 19.6 Å². The third-order valence-corrected chi connectivity index (χ3v) is 10.0. The van der Waals surface area contributed by atoms with Gasteiger partial charge in [-0.15, -0.1) is 0 Å². The van der Waals surface area contributed by atoms with E-state index in [2.05, 4.69) is 33.8 Å². The number of halogens is 3. The fourth-order valence-electron chi connectivity index (χ4n) is 6.69. The van der Waals surface area contributed by atoms with E-state index in [9.17, 15) is 22.8 Å². The Morgan fingerprint density at radius 1 is 1.09 bits per heavy atom. The smallest absolute Gasteiger partial charge is 0.370 e. The predicted octanol–water partition coefficient (Wildman–Crippen LogP) is 6.09. The minimum Gasteiger partial charge on any atom is -0.370 e. The first kappa shape index (κ1) is 29.8. The average Bonchev–Trinajstić information content (AvgIpc) is 3.59. The average molecular weight is 618 g/mol. The molecule has 5 heterocycles. The van der Waals surface area contributed by atoms with Crippen LogP contribution in [-0.2, 0) is 0 Å². The summed E-state index contributed by atoms with van der Waals surface area (Å²) in [4.78, 5) is 41.8. The number of nitrogens with zero attached hydrogens (tertiary/aromatic N) is 5. The van der Waals surface area contributed by atoms with Gasteiger partial charge in [-0.25, -0.2) is 14.8 Å². The SMILES string of the molecule is CC1(C)CC2CCCNc3cccc(n3)SNC(=O)c3ccc(N4CCN(CCCC5(C(F)(F)F)CC5)C4=O)nc3N1C2. The van der Waals surface area contributed by atoms with Gasteiger partial charge in [0, 0.05) is 50.2 Å². The molecule has 9 nitrogen and oxygen atoms in total. The molecule has 13 heteroatoms. The summed E-state index contributed by atoms with van der Waals surface area (Å²) in [5, 5.41) is 4.04. The summed E-state index contributed by atoms with van der Waals surface area (Å²) in [6, 6.07) is 8.79. The lowest BCUT2D eigenvalue weighted by Gasteiger charge is -2.34. The van der Waals surface area contributed by atoms with Crippen LogP contribution in [0, 0.1) is 11.3 Å². The number of amides is 3. The van der Waals surface area contributed by atoms with E-state index < -0.39 is 11.6 Å². The Bertz CT molecular complexity index is 1380. The summed E-state index contributed by atoms with van der Waals surface area (Å²) in [6.07, 6.45) is -0.540. The number of urea groups is 1. The first-order valence-electron chi connectivity index (χ1n) is 15.1. The van der Waals surface area contributed by atoms with Gasteiger partial charge in [0.05, 0.1) is 11.0 Å². The molecule has 4 aliphatic rings. The molecule has 2 N–H and O–H groups in total. The molecular formula is C30H38F3N7O2S. The second-order valence-electron chi connectivity index (χ2n) is 12.8. The first-order valence-corrected chi connectivity index (χ1v) is 15.9. The summed E-state index contributed by atoms with van der Waals surface area (Å²) < 4.78 is 43.0. The van der Waals surface area contributed by atoms with Gasteiger partial charge in [0.25, 0.3) is 5.91 Å². The summed E-state index contributed by atoms with van der Waals surface area (Å²) in [5.41, 5.74) is -1.40. The quantitative estimate of drug-likeness (QED) is 0.393. The van der Waals surface area contributed by atoms with Gasteiger partial charge in [-0.3, -0.25) is 14.4 Å². The molecule has 1 atom stereocenters. The Kier molecular flexibility index (Phi) is 7.89. The molecule has 2 saturated heterocycles. The summed E-state index contributed by atoms with van der Waals surface area (Å²) >= 11 is 1.14. The Balaban J connectivity index is 1.23. The number of fused-ring (bicyclic) bond motifs is 6. The molecule has 1 unspecified atom stereocenters. The Labute approximate surface area is 254 Å². The van der Waals surface area contributed by atoms with Crippen molar-refractivity contribution >= 4 is 41.3 Å². The topological polar surface area (TPSA) is 93.7 Å². The second-order valence-corrected chi connectivity index (χ2v) is 13.6. The number of carbonyl (C=O) groups excluding carboxylic acids is 2. The van der Waals surface area contributed by atoms with Gasteiger partial charge in [0.2, 0.25) is 0 Å². The Morgan fingerprint density at radius 2 is 1.91 bits per heavy atom. The number of hydrogen-bond donors (Lipinski definition) is 2. The highest BCUT2D eigenvalue weighted by molar-refractivity contribution is 7.97. The van der Waals surface area contributed by atoms with Gasteiger partial charge in [0.1, 0.15) is 22.5 Å². The van der Waals surface area contributed by atoms with E-state index in [1.165, 1.54) is 0 Å². The number of anilines is 3. The molecule has 43 heavy (non-hydrogen) atoms. The molecule has 0 aromatic carbocycles. The highest BCUT2D eigenvalue weighted by Crippen LogP contribution is 2.60. The van der Waals surface area contributed by atoms with Crippen LogP contribution < -0.4 is 19.8 Å². The summed E-state index contributed by atoms with van der Waals surface area (Å²) in [5.74, 6) is 1.85. The molecule has 2 aromatic heterocycles. The fraction of sp³-hybridized carbons (Fsp3) is 0.600. The van der Waals surface area contributed by atoms with Gasteiger partial charge < -0.3 is 15.1 Å². The molecule has 1 saturated carbocycles. The van der Waals surface area contributed by atoms with Crippen LogP contribution >= 0.6 is 11.9 Å². The van der Waals surface area contributed by atoms with Crippen molar-refractivity contribution in [2.24, 2.45) is 11.3 Å². The van der Waals surface area contributed by atoms with Crippen molar-refractivity contribution in [3.05, 3.63) is 35.9 Å². The van der Waals surface area contributed by atoms with Gasteiger partial charge in [-0.2, -0.15) is 13.2 Å². The maximum absolute atomic E-state index is 13.5. The molecule has 0 spiro atoms. The van der Waals surface area contributed by atoms with Crippen molar-refractivity contribution in [2.75, 3.05) is 47.8 Å². The second kappa shape index (κ2) is 11.4. The fourth-order valence-corrected chi connectivity index (χ4v) is 7.29. The molecule has 2 aromatic rings. The number of hydrogen-bond acceptors (Lipinski definition) is 7. The molecule has 0 radical (unpaired) electrons. The van der Waals surface area contributed by atoms with Crippen molar-refractivity contribution in [1.29, 1.82) is 0 Å². The number of alkyl halides is 3. The van der Waals surface area contributed by atoms with E-state index >= 15 is 0 Å². The molecule has 6 rings (SSSR count). The first-order chi connectivity index (χ1) is 20.5. The highest BCUT2D eigenvalue weighted by atomic mass is 32.2. The van der Waals surface area contributed by atoms with Crippen LogP contribution in [0.4, 0.5) is 35.4 Å². The zero-order chi connectivity index (χ0) is 30.4. The van der Waals surface area contributed by atoms with Gasteiger partial charge in [0.15, 0.2) is 0 Å². The van der Waals surface area contributed by atoms with Crippen LogP contribution in [0.25, 0.3) is 0 Å². The largest absolute Gasteiger partial charge is 0.394 e. The molecule has 1 aliphatic carbocycles. The normalized spacial score (nSPS) is 23.3. The van der Waals surface area contributed by atoms with Crippen LogP contribution in [0.2, 0.25) is 0 Å². The predicted molar refractivity (Wildman–Crippen MR) is 160 cm³/mol. The van der Waals surface area contributed by atoms with Gasteiger partial charge in [-0.1, -0.05) is 6.07 Å². The Morgan fingerprint density at radius 3 is 2.67 bits per heavy atom. The Hall–Kier alpha value is -3.22. The van der Waals surface area contributed by atoms with Crippen molar-refractivity contribution in [3.63, 3.8) is 0 Å². The zero-order valence-corrected chi connectivity index (χ0v) is 25.4. The maximum atomic E-state index is 13.5. The number of aromatic nitrogens is 2. The van der Waals surface area contributed by atoms with Crippen LogP contribution in [0.15, 0.2) is 35.4 Å². The number of pyridine rings is 2. The van der Waals surface area contributed by atoms with E-state index in [1.54, 1.807) is 21.9 Å². The van der Waals surface area contributed by atoms with E-state index in [0.29, 0.717) is 47.7 Å². The minimum atomic E-state index is -4.18. The number of rotatable bonds is 5. The monoisotopic (exact) mass is 617 g/mol. The van der Waals surface area contributed by atoms with Crippen LogP contribution in [0.1, 0.15) is 69.2 Å². The lowest BCUT2D eigenvalue weighted by Crippen LogP contribution is -2.40.